The third kappa shape index (κ3) is 4.36. The standard InChI is InChI=1S/C24H23N3O3S/c1-16-8-10-18(11-9-16)30-13-5-12-27-15-17(19-6-3-4-7-21(19)27)14-20-22(28)25-24(31)26(2)23(20)29/h3-4,6-11,14-15H,5,12-13H2,1-2H3,(H,25,28,31)/b20-14-. The van der Waals surface area contributed by atoms with Gasteiger partial charge in [0.1, 0.15) is 11.3 Å². The number of carbonyl (C=O) groups excluding carboxylic acids is 2. The molecule has 31 heavy (non-hydrogen) atoms. The molecule has 6 nitrogen and oxygen atoms in total. The highest BCUT2D eigenvalue weighted by molar-refractivity contribution is 7.80. The molecule has 0 bridgehead atoms. The van der Waals surface area contributed by atoms with Crippen molar-refractivity contribution in [1.29, 1.82) is 0 Å². The quantitative estimate of drug-likeness (QED) is 0.279. The van der Waals surface area contributed by atoms with Crippen LogP contribution in [0.4, 0.5) is 0 Å². The van der Waals surface area contributed by atoms with Crippen LogP contribution in [-0.4, -0.2) is 40.0 Å². The van der Waals surface area contributed by atoms with E-state index >= 15 is 0 Å². The van der Waals surface area contributed by atoms with Crippen molar-refractivity contribution in [3.63, 3.8) is 0 Å². The van der Waals surface area contributed by atoms with E-state index in [9.17, 15) is 9.59 Å². The molecule has 1 fully saturated rings. The summed E-state index contributed by atoms with van der Waals surface area (Å²) in [6, 6.07) is 15.9. The normalized spacial score (nSPS) is 15.6. The second kappa shape index (κ2) is 8.73. The monoisotopic (exact) mass is 433 g/mol. The number of aryl methyl sites for hydroxylation is 2. The second-order valence-electron chi connectivity index (χ2n) is 7.49. The van der Waals surface area contributed by atoms with Crippen LogP contribution in [0.5, 0.6) is 5.75 Å². The average molecular weight is 434 g/mol. The molecule has 0 aliphatic carbocycles. The van der Waals surface area contributed by atoms with Crippen LogP contribution < -0.4 is 10.1 Å². The highest BCUT2D eigenvalue weighted by Crippen LogP contribution is 2.25. The Morgan fingerprint density at radius 2 is 1.84 bits per heavy atom. The number of carbonyl (C=O) groups is 2. The number of amides is 2. The number of para-hydroxylation sites is 1. The highest BCUT2D eigenvalue weighted by atomic mass is 32.1. The van der Waals surface area contributed by atoms with Gasteiger partial charge in [0.2, 0.25) is 0 Å². The number of nitrogens with one attached hydrogen (secondary N) is 1. The lowest BCUT2D eigenvalue weighted by atomic mass is 10.1. The summed E-state index contributed by atoms with van der Waals surface area (Å²) < 4.78 is 7.96. The highest BCUT2D eigenvalue weighted by Gasteiger charge is 2.31. The van der Waals surface area contributed by atoms with Gasteiger partial charge in [-0.1, -0.05) is 35.9 Å². The molecule has 1 N–H and O–H groups in total. The topological polar surface area (TPSA) is 63.6 Å². The van der Waals surface area contributed by atoms with Crippen LogP contribution in [0, 0.1) is 6.92 Å². The minimum absolute atomic E-state index is 0.0710. The molecule has 1 aliphatic heterocycles. The minimum atomic E-state index is -0.476. The number of rotatable bonds is 6. The summed E-state index contributed by atoms with van der Waals surface area (Å²) in [5.74, 6) is -0.0225. The number of benzene rings is 2. The Labute approximate surface area is 186 Å². The van der Waals surface area contributed by atoms with E-state index in [-0.39, 0.29) is 10.7 Å². The Kier molecular flexibility index (Phi) is 5.86. The van der Waals surface area contributed by atoms with Crippen molar-refractivity contribution in [2.24, 2.45) is 0 Å². The molecule has 0 radical (unpaired) electrons. The van der Waals surface area contributed by atoms with Gasteiger partial charge in [-0.3, -0.25) is 19.8 Å². The minimum Gasteiger partial charge on any atom is -0.494 e. The number of ether oxygens (including phenoxy) is 1. The predicted molar refractivity (Wildman–Crippen MR) is 125 cm³/mol. The smallest absolute Gasteiger partial charge is 0.265 e. The average Bonchev–Trinajstić information content (AvgIpc) is 3.11. The zero-order chi connectivity index (χ0) is 22.0. The van der Waals surface area contributed by atoms with Crippen LogP contribution >= 0.6 is 12.2 Å². The van der Waals surface area contributed by atoms with Crippen molar-refractivity contribution in [2.75, 3.05) is 13.7 Å². The molecule has 0 spiro atoms. The first-order valence-electron chi connectivity index (χ1n) is 10.1. The van der Waals surface area contributed by atoms with Gasteiger partial charge in [-0.15, -0.1) is 0 Å². The van der Waals surface area contributed by atoms with Gasteiger partial charge in [0.15, 0.2) is 5.11 Å². The molecular formula is C24H23N3O3S. The van der Waals surface area contributed by atoms with E-state index in [1.165, 1.54) is 10.5 Å². The van der Waals surface area contributed by atoms with Crippen molar-refractivity contribution in [2.45, 2.75) is 19.9 Å². The fourth-order valence-corrected chi connectivity index (χ4v) is 3.71. The lowest BCUT2D eigenvalue weighted by molar-refractivity contribution is -0.128. The molecule has 1 aromatic heterocycles. The summed E-state index contributed by atoms with van der Waals surface area (Å²) in [7, 11) is 1.55. The summed E-state index contributed by atoms with van der Waals surface area (Å²) in [5, 5.41) is 3.64. The molecule has 1 aliphatic rings. The van der Waals surface area contributed by atoms with E-state index in [0.29, 0.717) is 6.61 Å². The van der Waals surface area contributed by atoms with Gasteiger partial charge in [-0.05, 0) is 49.8 Å². The molecule has 7 heteroatoms. The molecule has 0 saturated carbocycles. The van der Waals surface area contributed by atoms with E-state index < -0.39 is 11.8 Å². The van der Waals surface area contributed by atoms with Crippen molar-refractivity contribution in [3.8, 4) is 5.75 Å². The molecule has 1 saturated heterocycles. The zero-order valence-electron chi connectivity index (χ0n) is 17.4. The Balaban J connectivity index is 1.53. The van der Waals surface area contributed by atoms with Crippen LogP contribution in [0.1, 0.15) is 17.5 Å². The van der Waals surface area contributed by atoms with Gasteiger partial charge >= 0.3 is 0 Å². The van der Waals surface area contributed by atoms with Gasteiger partial charge in [-0.25, -0.2) is 0 Å². The third-order valence-corrected chi connectivity index (χ3v) is 5.63. The number of hydrogen-bond acceptors (Lipinski definition) is 4. The maximum Gasteiger partial charge on any atom is 0.265 e. The van der Waals surface area contributed by atoms with Crippen LogP contribution in [0.3, 0.4) is 0 Å². The molecule has 158 valence electrons. The lowest BCUT2D eigenvalue weighted by Crippen LogP contribution is -2.52. The number of aromatic nitrogens is 1. The van der Waals surface area contributed by atoms with E-state index in [1.807, 2.05) is 61.7 Å². The van der Waals surface area contributed by atoms with E-state index in [2.05, 4.69) is 9.88 Å². The largest absolute Gasteiger partial charge is 0.494 e. The molecule has 3 aromatic rings. The lowest BCUT2D eigenvalue weighted by Gasteiger charge is -2.24. The molecule has 0 atom stereocenters. The van der Waals surface area contributed by atoms with Crippen molar-refractivity contribution >= 4 is 46.1 Å². The third-order valence-electron chi connectivity index (χ3n) is 5.26. The maximum absolute atomic E-state index is 12.5. The second-order valence-corrected chi connectivity index (χ2v) is 7.88. The molecular weight excluding hydrogens is 410 g/mol. The first-order valence-corrected chi connectivity index (χ1v) is 10.5. The van der Waals surface area contributed by atoms with Crippen LogP contribution in [-0.2, 0) is 16.1 Å². The number of hydrogen-bond donors (Lipinski definition) is 1. The van der Waals surface area contributed by atoms with Gasteiger partial charge in [-0.2, -0.15) is 0 Å². The summed E-state index contributed by atoms with van der Waals surface area (Å²) in [6.07, 6.45) is 4.42. The SMILES string of the molecule is Cc1ccc(OCCCn2cc(/C=C3/C(=O)NC(=S)N(C)C3=O)c3ccccc32)cc1. The van der Waals surface area contributed by atoms with E-state index in [1.54, 1.807) is 13.1 Å². The Hall–Kier alpha value is -3.45. The maximum atomic E-state index is 12.5. The zero-order valence-corrected chi connectivity index (χ0v) is 18.2. The van der Waals surface area contributed by atoms with Crippen molar-refractivity contribution < 1.29 is 14.3 Å². The van der Waals surface area contributed by atoms with Crippen LogP contribution in [0.2, 0.25) is 0 Å². The molecule has 4 rings (SSSR count). The van der Waals surface area contributed by atoms with Gasteiger partial charge in [0, 0.05) is 36.3 Å². The van der Waals surface area contributed by atoms with Crippen LogP contribution in [0.25, 0.3) is 17.0 Å². The van der Waals surface area contributed by atoms with E-state index in [0.717, 1.165) is 35.2 Å². The summed E-state index contributed by atoms with van der Waals surface area (Å²) in [5.41, 5.74) is 3.12. The summed E-state index contributed by atoms with van der Waals surface area (Å²) in [6.45, 7) is 3.39. The van der Waals surface area contributed by atoms with Gasteiger partial charge in [0.25, 0.3) is 11.8 Å². The number of thiocarbonyl (C=S) groups is 1. The number of nitrogens with zero attached hydrogens (tertiary/aromatic N) is 2. The fourth-order valence-electron chi connectivity index (χ4n) is 3.54. The van der Waals surface area contributed by atoms with Crippen LogP contribution in [0.15, 0.2) is 60.3 Å². The summed E-state index contributed by atoms with van der Waals surface area (Å²) >= 11 is 5.01. The fraction of sp³-hybridized carbons (Fsp3) is 0.208. The number of fused-ring (bicyclic) bond motifs is 1. The molecule has 2 aromatic carbocycles. The van der Waals surface area contributed by atoms with Gasteiger partial charge < -0.3 is 9.30 Å². The molecule has 0 unspecified atom stereocenters. The Morgan fingerprint density at radius 1 is 1.10 bits per heavy atom. The Morgan fingerprint density at radius 3 is 2.61 bits per heavy atom. The van der Waals surface area contributed by atoms with E-state index in [4.69, 9.17) is 17.0 Å². The number of likely N-dealkylation sites (N-methyl/N-ethyl adjacent to an activating group) is 1. The first kappa shape index (κ1) is 20.8. The van der Waals surface area contributed by atoms with Crippen molar-refractivity contribution in [1.82, 2.24) is 14.8 Å². The Bertz CT molecular complexity index is 1190. The molecule has 2 heterocycles. The molecule has 2 amide bonds. The summed E-state index contributed by atoms with van der Waals surface area (Å²) in [4.78, 5) is 26.2. The predicted octanol–water partition coefficient (Wildman–Crippen LogP) is 3.68. The van der Waals surface area contributed by atoms with Gasteiger partial charge in [0.05, 0.1) is 6.61 Å². The first-order chi connectivity index (χ1) is 14.9. The van der Waals surface area contributed by atoms with Crippen molar-refractivity contribution in [3.05, 3.63) is 71.4 Å².